The lowest BCUT2D eigenvalue weighted by Crippen LogP contribution is -2.53. The zero-order valence-corrected chi connectivity index (χ0v) is 25.1. The summed E-state index contributed by atoms with van der Waals surface area (Å²) >= 11 is 0. The summed E-state index contributed by atoms with van der Waals surface area (Å²) in [7, 11) is -1.10. The molecule has 0 aliphatic rings. The van der Waals surface area contributed by atoms with E-state index in [4.69, 9.17) is 9.47 Å². The highest BCUT2D eigenvalue weighted by atomic mass is 32.2. The van der Waals surface area contributed by atoms with Gasteiger partial charge in [0.2, 0.25) is 11.8 Å². The van der Waals surface area contributed by atoms with Crippen LogP contribution in [0.3, 0.4) is 0 Å². The fourth-order valence-electron chi connectivity index (χ4n) is 4.30. The van der Waals surface area contributed by atoms with Crippen molar-refractivity contribution in [2.45, 2.75) is 57.1 Å². The molecule has 0 aliphatic heterocycles. The summed E-state index contributed by atoms with van der Waals surface area (Å²) in [6.45, 7) is 5.28. The molecule has 2 amide bonds. The van der Waals surface area contributed by atoms with Crippen LogP contribution in [0.15, 0.2) is 83.8 Å². The third-order valence-electron chi connectivity index (χ3n) is 6.85. The Kier molecular flexibility index (Phi) is 11.2. The molecule has 0 saturated heterocycles. The molecule has 2 atom stereocenters. The third-order valence-corrected chi connectivity index (χ3v) is 8.64. The number of nitrogens with zero attached hydrogens (tertiary/aromatic N) is 2. The molecule has 0 spiro atoms. The van der Waals surface area contributed by atoms with Crippen LogP contribution in [0.2, 0.25) is 0 Å². The van der Waals surface area contributed by atoms with E-state index in [0.717, 1.165) is 16.3 Å². The van der Waals surface area contributed by atoms with Crippen LogP contribution >= 0.6 is 0 Å². The number of rotatable bonds is 14. The number of amides is 2. The average molecular weight is 582 g/mol. The SMILES string of the molecule is CC[C@H](C(=O)N[C@@H](C)CC)N(Cc1ccc(OC)cc1)C(=O)CN(c1cccc(OC)c1)S(=O)(=O)c1ccccc1. The standard InChI is InChI=1S/C31H39N3O6S/c1-6-23(3)32-31(36)29(7-2)33(21-24-16-18-26(39-4)19-17-24)30(35)22-34(25-12-11-13-27(20-25)40-5)41(37,38)28-14-9-8-10-15-28/h8-20,23,29H,6-7,21-22H2,1-5H3,(H,32,36)/t23-,29+/m0/s1. The van der Waals surface area contributed by atoms with E-state index in [-0.39, 0.29) is 29.1 Å². The smallest absolute Gasteiger partial charge is 0.264 e. The maximum atomic E-state index is 14.1. The number of carbonyl (C=O) groups is 2. The number of sulfonamides is 1. The normalized spacial score (nSPS) is 12.6. The predicted molar refractivity (Wildman–Crippen MR) is 159 cm³/mol. The molecule has 0 bridgehead atoms. The summed E-state index contributed by atoms with van der Waals surface area (Å²) in [6, 6.07) is 20.8. The van der Waals surface area contributed by atoms with Gasteiger partial charge in [-0.2, -0.15) is 0 Å². The van der Waals surface area contributed by atoms with E-state index in [0.29, 0.717) is 17.9 Å². The van der Waals surface area contributed by atoms with Gasteiger partial charge in [-0.25, -0.2) is 8.42 Å². The first kappa shape index (κ1) is 31.5. The second-order valence-corrected chi connectivity index (χ2v) is 11.5. The molecule has 0 heterocycles. The second-order valence-electron chi connectivity index (χ2n) is 9.64. The van der Waals surface area contributed by atoms with Crippen molar-refractivity contribution in [2.75, 3.05) is 25.1 Å². The van der Waals surface area contributed by atoms with Crippen LogP contribution in [0.4, 0.5) is 5.69 Å². The molecule has 3 rings (SSSR count). The van der Waals surface area contributed by atoms with Gasteiger partial charge in [0, 0.05) is 18.7 Å². The fraction of sp³-hybridized carbons (Fsp3) is 0.355. The number of hydrogen-bond acceptors (Lipinski definition) is 6. The second kappa shape index (κ2) is 14.5. The summed E-state index contributed by atoms with van der Waals surface area (Å²) in [5, 5.41) is 2.97. The van der Waals surface area contributed by atoms with Gasteiger partial charge < -0.3 is 19.7 Å². The van der Waals surface area contributed by atoms with Crippen molar-refractivity contribution in [3.63, 3.8) is 0 Å². The first-order valence-corrected chi connectivity index (χ1v) is 15.0. The summed E-state index contributed by atoms with van der Waals surface area (Å²) < 4.78 is 39.4. The summed E-state index contributed by atoms with van der Waals surface area (Å²) in [4.78, 5) is 29.0. The lowest BCUT2D eigenvalue weighted by atomic mass is 10.1. The van der Waals surface area contributed by atoms with Gasteiger partial charge in [0.15, 0.2) is 0 Å². The van der Waals surface area contributed by atoms with Gasteiger partial charge in [-0.1, -0.05) is 50.2 Å². The molecular formula is C31H39N3O6S. The molecule has 3 aromatic carbocycles. The Bertz CT molecular complexity index is 1400. The number of anilines is 1. The zero-order valence-electron chi connectivity index (χ0n) is 24.2. The fourth-order valence-corrected chi connectivity index (χ4v) is 5.73. The Morgan fingerprint density at radius 3 is 2.10 bits per heavy atom. The average Bonchev–Trinajstić information content (AvgIpc) is 3.00. The predicted octanol–water partition coefficient (Wildman–Crippen LogP) is 4.62. The number of carbonyl (C=O) groups excluding carboxylic acids is 2. The molecule has 0 unspecified atom stereocenters. The van der Waals surface area contributed by atoms with E-state index in [1.165, 1.54) is 24.1 Å². The number of benzene rings is 3. The summed E-state index contributed by atoms with van der Waals surface area (Å²) in [5.74, 6) is 0.292. The monoisotopic (exact) mass is 581 g/mol. The maximum Gasteiger partial charge on any atom is 0.264 e. The number of nitrogens with one attached hydrogen (secondary N) is 1. The Hall–Kier alpha value is -4.05. The van der Waals surface area contributed by atoms with Gasteiger partial charge in [0.05, 0.1) is 24.8 Å². The van der Waals surface area contributed by atoms with E-state index < -0.39 is 28.5 Å². The van der Waals surface area contributed by atoms with Gasteiger partial charge in [-0.3, -0.25) is 13.9 Å². The Labute approximate surface area is 243 Å². The van der Waals surface area contributed by atoms with Crippen LogP contribution in [0.1, 0.15) is 39.2 Å². The minimum Gasteiger partial charge on any atom is -0.497 e. The highest BCUT2D eigenvalue weighted by molar-refractivity contribution is 7.92. The van der Waals surface area contributed by atoms with Crippen molar-refractivity contribution >= 4 is 27.5 Å². The molecule has 0 aliphatic carbocycles. The van der Waals surface area contributed by atoms with Crippen molar-refractivity contribution in [3.8, 4) is 11.5 Å². The number of ether oxygens (including phenoxy) is 2. The number of hydrogen-bond donors (Lipinski definition) is 1. The topological polar surface area (TPSA) is 105 Å². The van der Waals surface area contributed by atoms with Gasteiger partial charge in [-0.05, 0) is 61.7 Å². The summed E-state index contributed by atoms with van der Waals surface area (Å²) in [5.41, 5.74) is 1.04. The van der Waals surface area contributed by atoms with Gasteiger partial charge >= 0.3 is 0 Å². The van der Waals surface area contributed by atoms with Gasteiger partial charge in [0.1, 0.15) is 24.1 Å². The largest absolute Gasteiger partial charge is 0.497 e. The molecule has 0 radical (unpaired) electrons. The zero-order chi connectivity index (χ0) is 30.0. The maximum absolute atomic E-state index is 14.1. The molecule has 9 nitrogen and oxygen atoms in total. The van der Waals surface area contributed by atoms with Crippen LogP contribution in [0, 0.1) is 0 Å². The van der Waals surface area contributed by atoms with Crippen molar-refractivity contribution < 1.29 is 27.5 Å². The Morgan fingerprint density at radius 2 is 1.51 bits per heavy atom. The highest BCUT2D eigenvalue weighted by Crippen LogP contribution is 2.28. The molecule has 0 aromatic heterocycles. The lowest BCUT2D eigenvalue weighted by molar-refractivity contribution is -0.140. The lowest BCUT2D eigenvalue weighted by Gasteiger charge is -2.33. The Morgan fingerprint density at radius 1 is 0.854 bits per heavy atom. The molecular weight excluding hydrogens is 542 g/mol. The van der Waals surface area contributed by atoms with Crippen LogP contribution in [0.25, 0.3) is 0 Å². The molecule has 3 aromatic rings. The molecule has 220 valence electrons. The highest BCUT2D eigenvalue weighted by Gasteiger charge is 2.34. The van der Waals surface area contributed by atoms with E-state index >= 15 is 0 Å². The molecule has 10 heteroatoms. The van der Waals surface area contributed by atoms with E-state index in [1.807, 2.05) is 32.9 Å². The first-order chi connectivity index (χ1) is 19.6. The van der Waals surface area contributed by atoms with Crippen molar-refractivity contribution in [1.29, 1.82) is 0 Å². The van der Waals surface area contributed by atoms with E-state index in [2.05, 4.69) is 5.32 Å². The third kappa shape index (κ3) is 8.00. The van der Waals surface area contributed by atoms with Crippen LogP contribution in [-0.4, -0.2) is 58.0 Å². The molecule has 41 heavy (non-hydrogen) atoms. The van der Waals surface area contributed by atoms with Crippen molar-refractivity contribution in [1.82, 2.24) is 10.2 Å². The van der Waals surface area contributed by atoms with Crippen LogP contribution in [-0.2, 0) is 26.2 Å². The van der Waals surface area contributed by atoms with E-state index in [9.17, 15) is 18.0 Å². The molecule has 0 saturated carbocycles. The molecule has 0 fully saturated rings. The minimum absolute atomic E-state index is 0.0406. The Balaban J connectivity index is 2.06. The van der Waals surface area contributed by atoms with Crippen LogP contribution < -0.4 is 19.1 Å². The van der Waals surface area contributed by atoms with Crippen molar-refractivity contribution in [2.24, 2.45) is 0 Å². The minimum atomic E-state index is -4.15. The molecule has 1 N–H and O–H groups in total. The number of methoxy groups -OCH3 is 2. The van der Waals surface area contributed by atoms with Crippen LogP contribution in [0.5, 0.6) is 11.5 Å². The quantitative estimate of drug-likeness (QED) is 0.298. The summed E-state index contributed by atoms with van der Waals surface area (Å²) in [6.07, 6.45) is 1.07. The first-order valence-electron chi connectivity index (χ1n) is 13.6. The van der Waals surface area contributed by atoms with Gasteiger partial charge in [-0.15, -0.1) is 0 Å². The van der Waals surface area contributed by atoms with Crippen molar-refractivity contribution in [3.05, 3.63) is 84.4 Å². The van der Waals surface area contributed by atoms with Gasteiger partial charge in [0.25, 0.3) is 10.0 Å². The van der Waals surface area contributed by atoms with E-state index in [1.54, 1.807) is 61.7 Å².